The minimum atomic E-state index is -0.533. The largest absolute Gasteiger partial charge is 0.311 e. The lowest BCUT2D eigenvalue weighted by Crippen LogP contribution is -2.43. The standard InChI is InChI=1S/C16H22BrF2N/c1-6-16(5,10-20-15(2,3)4)9-11-13(18)8-7-12(17)14(11)19/h6-8,20H,1,9-10H2,2-5H3. The number of benzene rings is 1. The second kappa shape index (κ2) is 6.35. The van der Waals surface area contributed by atoms with Crippen molar-refractivity contribution in [2.45, 2.75) is 39.7 Å². The maximum Gasteiger partial charge on any atom is 0.143 e. The van der Waals surface area contributed by atoms with Crippen molar-refractivity contribution in [2.24, 2.45) is 5.41 Å². The van der Waals surface area contributed by atoms with E-state index in [2.05, 4.69) is 48.6 Å². The molecule has 112 valence electrons. The summed E-state index contributed by atoms with van der Waals surface area (Å²) in [6.07, 6.45) is 2.02. The molecule has 0 saturated carbocycles. The van der Waals surface area contributed by atoms with Crippen molar-refractivity contribution in [3.05, 3.63) is 46.5 Å². The Labute approximate surface area is 128 Å². The van der Waals surface area contributed by atoms with Crippen LogP contribution in [-0.4, -0.2) is 12.1 Å². The lowest BCUT2D eigenvalue weighted by atomic mass is 9.82. The van der Waals surface area contributed by atoms with Crippen LogP contribution in [0.15, 0.2) is 29.3 Å². The summed E-state index contributed by atoms with van der Waals surface area (Å²) in [5, 5.41) is 3.36. The average molecular weight is 346 g/mol. The van der Waals surface area contributed by atoms with Crippen LogP contribution in [0.4, 0.5) is 8.78 Å². The zero-order chi connectivity index (χ0) is 15.6. The first-order valence-corrected chi connectivity index (χ1v) is 7.38. The van der Waals surface area contributed by atoms with E-state index in [4.69, 9.17) is 0 Å². The third kappa shape index (κ3) is 4.67. The van der Waals surface area contributed by atoms with Gasteiger partial charge in [-0.25, -0.2) is 8.78 Å². The highest BCUT2D eigenvalue weighted by molar-refractivity contribution is 9.10. The molecule has 1 aromatic rings. The Bertz CT molecular complexity index is 494. The van der Waals surface area contributed by atoms with Crippen LogP contribution in [0.25, 0.3) is 0 Å². The van der Waals surface area contributed by atoms with Crippen molar-refractivity contribution in [3.8, 4) is 0 Å². The Hall–Kier alpha value is -0.740. The topological polar surface area (TPSA) is 12.0 Å². The maximum atomic E-state index is 14.1. The van der Waals surface area contributed by atoms with Gasteiger partial charge in [0, 0.05) is 23.1 Å². The van der Waals surface area contributed by atoms with E-state index in [1.54, 1.807) is 6.08 Å². The van der Waals surface area contributed by atoms with Crippen molar-refractivity contribution in [1.82, 2.24) is 5.32 Å². The molecule has 0 aliphatic heterocycles. The molecule has 0 aliphatic rings. The van der Waals surface area contributed by atoms with Crippen LogP contribution < -0.4 is 5.32 Å². The Morgan fingerprint density at radius 3 is 2.35 bits per heavy atom. The fraction of sp³-hybridized carbons (Fsp3) is 0.500. The quantitative estimate of drug-likeness (QED) is 0.594. The molecule has 1 unspecified atom stereocenters. The smallest absolute Gasteiger partial charge is 0.143 e. The van der Waals surface area contributed by atoms with Crippen molar-refractivity contribution in [2.75, 3.05) is 6.54 Å². The van der Waals surface area contributed by atoms with E-state index in [0.717, 1.165) is 0 Å². The van der Waals surface area contributed by atoms with E-state index in [0.29, 0.717) is 6.54 Å². The summed E-state index contributed by atoms with van der Waals surface area (Å²) in [6, 6.07) is 2.66. The molecule has 0 saturated heterocycles. The summed E-state index contributed by atoms with van der Waals surface area (Å²) < 4.78 is 28.2. The molecule has 0 radical (unpaired) electrons. The van der Waals surface area contributed by atoms with Gasteiger partial charge in [-0.3, -0.25) is 0 Å². The van der Waals surface area contributed by atoms with E-state index in [-0.39, 0.29) is 22.0 Å². The third-order valence-electron chi connectivity index (χ3n) is 3.23. The molecule has 0 spiro atoms. The molecule has 0 fully saturated rings. The summed E-state index contributed by atoms with van der Waals surface area (Å²) in [5.74, 6) is -1.05. The summed E-state index contributed by atoms with van der Waals surface area (Å²) >= 11 is 3.10. The number of halogens is 3. The zero-order valence-corrected chi connectivity index (χ0v) is 14.1. The first-order valence-electron chi connectivity index (χ1n) is 6.59. The predicted molar refractivity (Wildman–Crippen MR) is 83.8 cm³/mol. The fourth-order valence-corrected chi connectivity index (χ4v) is 2.18. The van der Waals surface area contributed by atoms with E-state index < -0.39 is 17.0 Å². The van der Waals surface area contributed by atoms with Gasteiger partial charge in [0.05, 0.1) is 4.47 Å². The fourth-order valence-electron chi connectivity index (χ4n) is 1.81. The van der Waals surface area contributed by atoms with Crippen LogP contribution in [0, 0.1) is 17.0 Å². The van der Waals surface area contributed by atoms with Crippen LogP contribution in [0.2, 0.25) is 0 Å². The molecule has 1 atom stereocenters. The molecule has 0 aromatic heterocycles. The van der Waals surface area contributed by atoms with Gasteiger partial charge in [0.15, 0.2) is 0 Å². The van der Waals surface area contributed by atoms with Gasteiger partial charge >= 0.3 is 0 Å². The molecule has 4 heteroatoms. The van der Waals surface area contributed by atoms with Gasteiger partial charge in [-0.2, -0.15) is 0 Å². The summed E-state index contributed by atoms with van der Waals surface area (Å²) in [4.78, 5) is 0. The van der Waals surface area contributed by atoms with Gasteiger partial charge in [0.25, 0.3) is 0 Å². The minimum Gasteiger partial charge on any atom is -0.311 e. The molecule has 1 nitrogen and oxygen atoms in total. The van der Waals surface area contributed by atoms with Crippen LogP contribution >= 0.6 is 15.9 Å². The van der Waals surface area contributed by atoms with E-state index in [1.807, 2.05) is 6.92 Å². The molecule has 1 rings (SSSR count). The zero-order valence-electron chi connectivity index (χ0n) is 12.5. The summed E-state index contributed by atoms with van der Waals surface area (Å²) in [5.41, 5.74) is -0.383. The third-order valence-corrected chi connectivity index (χ3v) is 3.85. The predicted octanol–water partition coefficient (Wildman–Crippen LogP) is 4.85. The molecular weight excluding hydrogens is 324 g/mol. The molecular formula is C16H22BrF2N. The number of hydrogen-bond donors (Lipinski definition) is 1. The van der Waals surface area contributed by atoms with Crippen LogP contribution in [-0.2, 0) is 6.42 Å². The molecule has 0 heterocycles. The van der Waals surface area contributed by atoms with Gasteiger partial charge < -0.3 is 5.32 Å². The molecule has 1 N–H and O–H groups in total. The van der Waals surface area contributed by atoms with Crippen LogP contribution in [0.1, 0.15) is 33.3 Å². The van der Waals surface area contributed by atoms with E-state index >= 15 is 0 Å². The summed E-state index contributed by atoms with van der Waals surface area (Å²) in [7, 11) is 0. The summed E-state index contributed by atoms with van der Waals surface area (Å²) in [6.45, 7) is 12.5. The Morgan fingerprint density at radius 1 is 1.25 bits per heavy atom. The van der Waals surface area contributed by atoms with Gasteiger partial charge in [-0.05, 0) is 55.3 Å². The lowest BCUT2D eigenvalue weighted by Gasteiger charge is -2.31. The second-order valence-electron chi connectivity index (χ2n) is 6.46. The Morgan fingerprint density at radius 2 is 1.85 bits per heavy atom. The van der Waals surface area contributed by atoms with Gasteiger partial charge in [-0.15, -0.1) is 6.58 Å². The minimum absolute atomic E-state index is 0.0569. The van der Waals surface area contributed by atoms with E-state index in [9.17, 15) is 8.78 Å². The average Bonchev–Trinajstić information content (AvgIpc) is 2.36. The van der Waals surface area contributed by atoms with Crippen molar-refractivity contribution in [1.29, 1.82) is 0 Å². The highest BCUT2D eigenvalue weighted by Crippen LogP contribution is 2.30. The van der Waals surface area contributed by atoms with Gasteiger partial charge in [0.1, 0.15) is 11.6 Å². The molecule has 1 aromatic carbocycles. The SMILES string of the molecule is C=CC(C)(CNC(C)(C)C)Cc1c(F)ccc(Br)c1F. The number of hydrogen-bond acceptors (Lipinski definition) is 1. The second-order valence-corrected chi connectivity index (χ2v) is 7.31. The molecule has 0 bridgehead atoms. The first-order chi connectivity index (χ1) is 9.08. The first kappa shape index (κ1) is 17.3. The molecule has 20 heavy (non-hydrogen) atoms. The van der Waals surface area contributed by atoms with Crippen molar-refractivity contribution >= 4 is 15.9 Å². The van der Waals surface area contributed by atoms with Crippen LogP contribution in [0.3, 0.4) is 0 Å². The highest BCUT2D eigenvalue weighted by atomic mass is 79.9. The number of rotatable bonds is 5. The highest BCUT2D eigenvalue weighted by Gasteiger charge is 2.27. The van der Waals surface area contributed by atoms with Gasteiger partial charge in [0.2, 0.25) is 0 Å². The normalized spacial score (nSPS) is 14.9. The van der Waals surface area contributed by atoms with Crippen molar-refractivity contribution < 1.29 is 8.78 Å². The maximum absolute atomic E-state index is 14.1. The Balaban J connectivity index is 2.99. The molecule has 0 aliphatic carbocycles. The Kier molecular flexibility index (Phi) is 5.50. The van der Waals surface area contributed by atoms with E-state index in [1.165, 1.54) is 12.1 Å². The van der Waals surface area contributed by atoms with Gasteiger partial charge in [-0.1, -0.05) is 13.0 Å². The lowest BCUT2D eigenvalue weighted by molar-refractivity contribution is 0.316. The molecule has 0 amide bonds. The number of nitrogens with one attached hydrogen (secondary N) is 1. The van der Waals surface area contributed by atoms with Crippen molar-refractivity contribution in [3.63, 3.8) is 0 Å². The monoisotopic (exact) mass is 345 g/mol. The van der Waals surface area contributed by atoms with Crippen LogP contribution in [0.5, 0.6) is 0 Å².